The second-order valence-corrected chi connectivity index (χ2v) is 8.12. The minimum atomic E-state index is -0.0646. The first-order valence-corrected chi connectivity index (χ1v) is 9.64. The van der Waals surface area contributed by atoms with Gasteiger partial charge in [0.2, 0.25) is 0 Å². The molecule has 0 spiro atoms. The van der Waals surface area contributed by atoms with E-state index < -0.39 is 0 Å². The number of halogens is 2. The van der Waals surface area contributed by atoms with Crippen LogP contribution < -0.4 is 5.32 Å². The van der Waals surface area contributed by atoms with E-state index in [2.05, 4.69) is 38.1 Å². The molecule has 0 saturated heterocycles. The smallest absolute Gasteiger partial charge is 0.251 e. The van der Waals surface area contributed by atoms with Crippen molar-refractivity contribution in [2.45, 2.75) is 18.9 Å². The van der Waals surface area contributed by atoms with Gasteiger partial charge in [-0.2, -0.15) is 5.10 Å². The van der Waals surface area contributed by atoms with Crippen molar-refractivity contribution in [2.24, 2.45) is 5.92 Å². The molecule has 1 amide bonds. The highest BCUT2D eigenvalue weighted by molar-refractivity contribution is 14.1. The van der Waals surface area contributed by atoms with Gasteiger partial charge in [0, 0.05) is 15.8 Å². The maximum atomic E-state index is 12.7. The number of hydrogen-bond acceptors (Lipinski definition) is 3. The van der Waals surface area contributed by atoms with E-state index >= 15 is 0 Å². The number of H-pyrrole nitrogens is 1. The zero-order valence-corrected chi connectivity index (χ0v) is 15.7. The second kappa shape index (κ2) is 6.07. The van der Waals surface area contributed by atoms with Crippen LogP contribution in [0.25, 0.3) is 10.9 Å². The van der Waals surface area contributed by atoms with E-state index in [1.54, 1.807) is 11.3 Å². The Bertz CT molecular complexity index is 886. The van der Waals surface area contributed by atoms with Gasteiger partial charge in [-0.25, -0.2) is 0 Å². The molecular weight excluding hydrogens is 445 g/mol. The van der Waals surface area contributed by atoms with E-state index in [1.807, 2.05) is 29.6 Å². The third-order valence-electron chi connectivity index (χ3n) is 4.08. The second-order valence-electron chi connectivity index (χ2n) is 5.69. The van der Waals surface area contributed by atoms with Gasteiger partial charge in [-0.3, -0.25) is 9.89 Å². The Kier molecular flexibility index (Phi) is 4.07. The summed E-state index contributed by atoms with van der Waals surface area (Å²) in [5.41, 5.74) is 1.51. The van der Waals surface area contributed by atoms with Crippen molar-refractivity contribution in [3.05, 3.63) is 48.8 Å². The van der Waals surface area contributed by atoms with Crippen LogP contribution in [0.5, 0.6) is 0 Å². The highest BCUT2D eigenvalue weighted by Gasteiger charge is 2.35. The highest BCUT2D eigenvalue weighted by atomic mass is 127. The average Bonchev–Trinajstić information content (AvgIpc) is 3.21. The summed E-state index contributed by atoms with van der Waals surface area (Å²) in [5.74, 6) is 0.429. The van der Waals surface area contributed by atoms with Gasteiger partial charge >= 0.3 is 0 Å². The predicted molar refractivity (Wildman–Crippen MR) is 101 cm³/mol. The number of amides is 1. The van der Waals surface area contributed by atoms with Crippen LogP contribution in [0.2, 0.25) is 5.02 Å². The first kappa shape index (κ1) is 15.4. The molecule has 2 N–H and O–H groups in total. The molecule has 1 aliphatic carbocycles. The summed E-state index contributed by atoms with van der Waals surface area (Å²) in [4.78, 5) is 13.7. The minimum Gasteiger partial charge on any atom is -0.344 e. The molecule has 2 heterocycles. The summed E-state index contributed by atoms with van der Waals surface area (Å²) in [7, 11) is 0. The number of benzene rings is 1. The number of nitrogens with zero attached hydrogens (tertiary/aromatic N) is 1. The van der Waals surface area contributed by atoms with Crippen LogP contribution >= 0.6 is 45.5 Å². The van der Waals surface area contributed by atoms with E-state index in [9.17, 15) is 4.79 Å². The number of nitrogens with one attached hydrogen (secondary N) is 2. The Balaban J connectivity index is 1.62. The molecule has 0 bridgehead atoms. The number of fused-ring (bicyclic) bond motifs is 1. The molecule has 1 atom stereocenters. The fourth-order valence-corrected chi connectivity index (χ4v) is 4.57. The topological polar surface area (TPSA) is 57.8 Å². The molecule has 2 aromatic heterocycles. The summed E-state index contributed by atoms with van der Waals surface area (Å²) >= 11 is 10.1. The number of hydrogen-bond donors (Lipinski definition) is 2. The number of aromatic amines is 1. The zero-order chi connectivity index (χ0) is 16.0. The number of rotatable bonds is 4. The molecule has 4 rings (SSSR count). The third-order valence-corrected chi connectivity index (χ3v) is 6.34. The SMILES string of the molecule is O=C(N[C@@H](c1sccc1Cl)C1CC1)c1ccc2n[nH]c(I)c2c1. The Morgan fingerprint density at radius 1 is 1.43 bits per heavy atom. The van der Waals surface area contributed by atoms with Gasteiger partial charge in [-0.15, -0.1) is 11.3 Å². The third kappa shape index (κ3) is 2.99. The lowest BCUT2D eigenvalue weighted by atomic mass is 10.1. The van der Waals surface area contributed by atoms with Gasteiger partial charge in [0.05, 0.1) is 16.6 Å². The molecule has 0 aliphatic heterocycles. The first-order valence-electron chi connectivity index (χ1n) is 7.31. The van der Waals surface area contributed by atoms with Crippen LogP contribution in [0.1, 0.15) is 34.1 Å². The van der Waals surface area contributed by atoms with Crippen molar-refractivity contribution in [3.63, 3.8) is 0 Å². The van der Waals surface area contributed by atoms with E-state index in [1.165, 1.54) is 0 Å². The monoisotopic (exact) mass is 457 g/mol. The molecule has 1 fully saturated rings. The number of carbonyl (C=O) groups excluding carboxylic acids is 1. The van der Waals surface area contributed by atoms with Crippen LogP contribution in [0.4, 0.5) is 0 Å². The lowest BCUT2D eigenvalue weighted by Gasteiger charge is -2.17. The molecule has 4 nitrogen and oxygen atoms in total. The van der Waals surface area contributed by atoms with Crippen LogP contribution in [-0.2, 0) is 0 Å². The van der Waals surface area contributed by atoms with E-state index in [0.29, 0.717) is 11.5 Å². The molecular formula is C16H13ClIN3OS. The minimum absolute atomic E-state index is 0.00844. The van der Waals surface area contributed by atoms with Crippen molar-refractivity contribution in [1.29, 1.82) is 0 Å². The lowest BCUT2D eigenvalue weighted by molar-refractivity contribution is 0.0932. The van der Waals surface area contributed by atoms with Gasteiger partial charge in [0.25, 0.3) is 5.91 Å². The fraction of sp³-hybridized carbons (Fsp3) is 0.250. The van der Waals surface area contributed by atoms with Gasteiger partial charge in [0.15, 0.2) is 0 Å². The number of aromatic nitrogens is 2. The van der Waals surface area contributed by atoms with Gasteiger partial charge in [-0.05, 0) is 71.0 Å². The largest absolute Gasteiger partial charge is 0.344 e. The van der Waals surface area contributed by atoms with Gasteiger partial charge < -0.3 is 5.32 Å². The lowest BCUT2D eigenvalue weighted by Crippen LogP contribution is -2.29. The van der Waals surface area contributed by atoms with Crippen molar-refractivity contribution in [2.75, 3.05) is 0 Å². The van der Waals surface area contributed by atoms with Crippen LogP contribution in [0.3, 0.4) is 0 Å². The maximum Gasteiger partial charge on any atom is 0.251 e. The molecule has 1 aromatic carbocycles. The van der Waals surface area contributed by atoms with Crippen molar-refractivity contribution < 1.29 is 4.79 Å². The van der Waals surface area contributed by atoms with Crippen molar-refractivity contribution in [1.82, 2.24) is 15.5 Å². The number of thiophene rings is 1. The first-order chi connectivity index (χ1) is 11.1. The molecule has 0 unspecified atom stereocenters. The van der Waals surface area contributed by atoms with Crippen LogP contribution in [0, 0.1) is 9.62 Å². The summed E-state index contributed by atoms with van der Waals surface area (Å²) in [6.45, 7) is 0. The average molecular weight is 458 g/mol. The van der Waals surface area contributed by atoms with Gasteiger partial charge in [-0.1, -0.05) is 11.6 Å². The molecule has 7 heteroatoms. The summed E-state index contributed by atoms with van der Waals surface area (Å²) in [6.07, 6.45) is 2.27. The summed E-state index contributed by atoms with van der Waals surface area (Å²) < 4.78 is 0.937. The van der Waals surface area contributed by atoms with E-state index in [4.69, 9.17) is 11.6 Å². The highest BCUT2D eigenvalue weighted by Crippen LogP contribution is 2.44. The predicted octanol–water partition coefficient (Wildman–Crippen LogP) is 4.76. The van der Waals surface area contributed by atoms with Crippen molar-refractivity contribution >= 4 is 62.3 Å². The van der Waals surface area contributed by atoms with E-state index in [-0.39, 0.29) is 11.9 Å². The Morgan fingerprint density at radius 3 is 2.96 bits per heavy atom. The Hall–Kier alpha value is -1.12. The Morgan fingerprint density at radius 2 is 2.26 bits per heavy atom. The molecule has 23 heavy (non-hydrogen) atoms. The van der Waals surface area contributed by atoms with Gasteiger partial charge in [0.1, 0.15) is 3.70 Å². The van der Waals surface area contributed by atoms with E-state index in [0.717, 1.165) is 37.3 Å². The Labute approximate surface area is 155 Å². The normalized spacial score (nSPS) is 15.7. The maximum absolute atomic E-state index is 12.7. The molecule has 118 valence electrons. The summed E-state index contributed by atoms with van der Waals surface area (Å²) in [5, 5.41) is 14.0. The molecule has 1 aliphatic rings. The molecule has 1 saturated carbocycles. The molecule has 3 aromatic rings. The zero-order valence-electron chi connectivity index (χ0n) is 12.0. The van der Waals surface area contributed by atoms with Crippen LogP contribution in [-0.4, -0.2) is 16.1 Å². The quantitative estimate of drug-likeness (QED) is 0.555. The fourth-order valence-electron chi connectivity index (χ4n) is 2.70. The number of carbonyl (C=O) groups is 1. The van der Waals surface area contributed by atoms with Crippen molar-refractivity contribution in [3.8, 4) is 0 Å². The molecule has 0 radical (unpaired) electrons. The standard InChI is InChI=1S/C16H13ClIN3OS/c17-11-5-6-23-14(11)13(8-1-2-8)19-16(22)9-3-4-12-10(7-9)15(18)21-20-12/h3-8,13H,1-2H2,(H,19,22)(H,20,21)/t13-/m1/s1. The summed E-state index contributed by atoms with van der Waals surface area (Å²) in [6, 6.07) is 7.47. The van der Waals surface area contributed by atoms with Crippen LogP contribution in [0.15, 0.2) is 29.6 Å².